The summed E-state index contributed by atoms with van der Waals surface area (Å²) in [5, 5.41) is 3.43. The second kappa shape index (κ2) is 10.2. The lowest BCUT2D eigenvalue weighted by Gasteiger charge is -2.28. The van der Waals surface area contributed by atoms with Crippen molar-refractivity contribution in [2.24, 2.45) is 0 Å². The molecule has 1 N–H and O–H groups in total. The third kappa shape index (κ3) is 5.81. The van der Waals surface area contributed by atoms with Gasteiger partial charge in [0, 0.05) is 32.7 Å². The van der Waals surface area contributed by atoms with Crippen LogP contribution in [-0.2, 0) is 0 Å². The highest BCUT2D eigenvalue weighted by molar-refractivity contribution is 5.54. The van der Waals surface area contributed by atoms with Gasteiger partial charge in [-0.3, -0.25) is 4.90 Å². The maximum atomic E-state index is 3.89. The van der Waals surface area contributed by atoms with Crippen LogP contribution >= 0.6 is 0 Å². The summed E-state index contributed by atoms with van der Waals surface area (Å²) in [6.45, 7) is 11.6. The summed E-state index contributed by atoms with van der Waals surface area (Å²) in [5.74, 6) is 0. The van der Waals surface area contributed by atoms with Crippen LogP contribution in [0.3, 0.4) is 0 Å². The maximum Gasteiger partial charge on any atom is 0.0240 e. The number of piperazine rings is 1. The summed E-state index contributed by atoms with van der Waals surface area (Å²) in [4.78, 5) is 2.54. The molecule has 0 amide bonds. The molecule has 1 heterocycles. The minimum atomic E-state index is 1.01. The first-order chi connectivity index (χ1) is 11.3. The van der Waals surface area contributed by atoms with Crippen molar-refractivity contribution >= 4 is 0 Å². The largest absolute Gasteiger partial charge is 0.314 e. The van der Waals surface area contributed by atoms with E-state index in [0.717, 1.165) is 45.6 Å². The van der Waals surface area contributed by atoms with Gasteiger partial charge in [0.2, 0.25) is 0 Å². The molecule has 0 aromatic rings. The Morgan fingerprint density at radius 3 is 2.78 bits per heavy atom. The molecule has 0 radical (unpaired) electrons. The Bertz CT molecular complexity index is 526. The first-order valence-electron chi connectivity index (χ1n) is 8.84. The molecule has 0 aromatic carbocycles. The van der Waals surface area contributed by atoms with Gasteiger partial charge in [0.05, 0.1) is 0 Å². The first kappa shape index (κ1) is 17.7. The zero-order valence-electron chi connectivity index (χ0n) is 14.4. The van der Waals surface area contributed by atoms with Gasteiger partial charge in [-0.25, -0.2) is 0 Å². The average Bonchev–Trinajstić information content (AvgIpc) is 2.81. The van der Waals surface area contributed by atoms with Gasteiger partial charge in [0.1, 0.15) is 0 Å². The van der Waals surface area contributed by atoms with Crippen molar-refractivity contribution in [3.63, 3.8) is 0 Å². The molecular formula is C21H30N2. The van der Waals surface area contributed by atoms with Gasteiger partial charge in [0.25, 0.3) is 0 Å². The van der Waals surface area contributed by atoms with E-state index in [4.69, 9.17) is 0 Å². The normalized spacial score (nSPS) is 20.3. The third-order valence-corrected chi connectivity index (χ3v) is 4.19. The van der Waals surface area contributed by atoms with Crippen molar-refractivity contribution in [1.29, 1.82) is 0 Å². The number of hydrogen-bond acceptors (Lipinski definition) is 2. The summed E-state index contributed by atoms with van der Waals surface area (Å²) in [6, 6.07) is 0. The molecule has 0 bridgehead atoms. The highest BCUT2D eigenvalue weighted by atomic mass is 15.2. The van der Waals surface area contributed by atoms with E-state index >= 15 is 0 Å². The fraction of sp³-hybridized carbons (Fsp3) is 0.429. The van der Waals surface area contributed by atoms with E-state index in [9.17, 15) is 0 Å². The van der Waals surface area contributed by atoms with E-state index in [1.807, 2.05) is 6.08 Å². The minimum absolute atomic E-state index is 1.01. The Balaban J connectivity index is 2.27. The molecule has 0 atom stereocenters. The molecule has 0 aromatic heterocycles. The van der Waals surface area contributed by atoms with Crippen LogP contribution < -0.4 is 5.32 Å². The molecular weight excluding hydrogens is 280 g/mol. The van der Waals surface area contributed by atoms with Gasteiger partial charge in [-0.2, -0.15) is 0 Å². The van der Waals surface area contributed by atoms with Crippen LogP contribution in [0.4, 0.5) is 0 Å². The van der Waals surface area contributed by atoms with Crippen LogP contribution in [0.1, 0.15) is 26.2 Å². The fourth-order valence-corrected chi connectivity index (χ4v) is 2.94. The lowest BCUT2D eigenvalue weighted by molar-refractivity contribution is 0.261. The summed E-state index contributed by atoms with van der Waals surface area (Å²) in [6.07, 6.45) is 21.0. The fourth-order valence-electron chi connectivity index (χ4n) is 2.94. The standard InChI is InChI=1S/C21H30N2/c1-3-5-7-11-19(10-4-2)21-13-9-6-8-12-20(21)18-23-16-14-22-15-17-23/h4,7-13,22H,2-3,5-6,14-18H2,1H3/b11-7-,19-10+. The summed E-state index contributed by atoms with van der Waals surface area (Å²) in [7, 11) is 0. The Hall–Kier alpha value is -1.64. The second-order valence-corrected chi connectivity index (χ2v) is 6.05. The highest BCUT2D eigenvalue weighted by Gasteiger charge is 2.14. The third-order valence-electron chi connectivity index (χ3n) is 4.19. The molecule has 1 saturated heterocycles. The molecule has 0 unspecified atom stereocenters. The van der Waals surface area contributed by atoms with Crippen LogP contribution in [-0.4, -0.2) is 37.6 Å². The Kier molecular flexibility index (Phi) is 7.85. The van der Waals surface area contributed by atoms with Crippen LogP contribution in [0.15, 0.2) is 71.9 Å². The SMILES string of the molecule is C=C/C=C(\C=C/CCC)C1=C(CN2CCNCC2)C=CCC=C1. The van der Waals surface area contributed by atoms with Gasteiger partial charge >= 0.3 is 0 Å². The van der Waals surface area contributed by atoms with E-state index in [2.05, 4.69) is 66.3 Å². The monoisotopic (exact) mass is 310 g/mol. The number of allylic oxidation sites excluding steroid dienone is 9. The Labute approximate surface area is 141 Å². The molecule has 124 valence electrons. The van der Waals surface area contributed by atoms with E-state index in [1.165, 1.54) is 23.1 Å². The second-order valence-electron chi connectivity index (χ2n) is 6.05. The summed E-state index contributed by atoms with van der Waals surface area (Å²) >= 11 is 0. The number of rotatable bonds is 7. The van der Waals surface area contributed by atoms with Crippen LogP contribution in [0.5, 0.6) is 0 Å². The molecule has 23 heavy (non-hydrogen) atoms. The summed E-state index contributed by atoms with van der Waals surface area (Å²) in [5.41, 5.74) is 4.01. The van der Waals surface area contributed by atoms with E-state index in [-0.39, 0.29) is 0 Å². The highest BCUT2D eigenvalue weighted by Crippen LogP contribution is 2.23. The molecule has 2 rings (SSSR count). The smallest absolute Gasteiger partial charge is 0.0240 e. The lowest BCUT2D eigenvalue weighted by Crippen LogP contribution is -2.44. The minimum Gasteiger partial charge on any atom is -0.314 e. The van der Waals surface area contributed by atoms with Gasteiger partial charge in [-0.1, -0.05) is 68.5 Å². The van der Waals surface area contributed by atoms with Crippen molar-refractivity contribution < 1.29 is 0 Å². The van der Waals surface area contributed by atoms with E-state index < -0.39 is 0 Å². The average molecular weight is 310 g/mol. The molecule has 2 heteroatoms. The van der Waals surface area contributed by atoms with E-state index in [1.54, 1.807) is 0 Å². The molecule has 1 fully saturated rings. The van der Waals surface area contributed by atoms with Crippen molar-refractivity contribution in [3.8, 4) is 0 Å². The maximum absolute atomic E-state index is 3.89. The van der Waals surface area contributed by atoms with Gasteiger partial charge in [0.15, 0.2) is 0 Å². The zero-order chi connectivity index (χ0) is 16.3. The molecule has 1 aliphatic heterocycles. The number of unbranched alkanes of at least 4 members (excludes halogenated alkanes) is 1. The zero-order valence-corrected chi connectivity index (χ0v) is 14.4. The number of nitrogens with zero attached hydrogens (tertiary/aromatic N) is 1. The van der Waals surface area contributed by atoms with Crippen molar-refractivity contribution in [2.45, 2.75) is 26.2 Å². The Morgan fingerprint density at radius 1 is 1.26 bits per heavy atom. The van der Waals surface area contributed by atoms with E-state index in [0.29, 0.717) is 0 Å². The quantitative estimate of drug-likeness (QED) is 0.710. The van der Waals surface area contributed by atoms with Crippen LogP contribution in [0, 0.1) is 0 Å². The summed E-state index contributed by atoms with van der Waals surface area (Å²) < 4.78 is 0. The number of nitrogens with one attached hydrogen (secondary N) is 1. The van der Waals surface area contributed by atoms with Crippen molar-refractivity contribution in [1.82, 2.24) is 10.2 Å². The van der Waals surface area contributed by atoms with Gasteiger partial charge < -0.3 is 5.32 Å². The molecule has 1 aliphatic carbocycles. The lowest BCUT2D eigenvalue weighted by atomic mass is 9.97. The van der Waals surface area contributed by atoms with Crippen molar-refractivity contribution in [2.75, 3.05) is 32.7 Å². The molecule has 0 spiro atoms. The molecule has 0 saturated carbocycles. The first-order valence-corrected chi connectivity index (χ1v) is 8.84. The van der Waals surface area contributed by atoms with Gasteiger partial charge in [-0.15, -0.1) is 0 Å². The van der Waals surface area contributed by atoms with Crippen molar-refractivity contribution in [3.05, 3.63) is 71.9 Å². The van der Waals surface area contributed by atoms with Gasteiger partial charge in [-0.05, 0) is 29.6 Å². The van der Waals surface area contributed by atoms with Crippen LogP contribution in [0.2, 0.25) is 0 Å². The van der Waals surface area contributed by atoms with Crippen LogP contribution in [0.25, 0.3) is 0 Å². The number of hydrogen-bond donors (Lipinski definition) is 1. The predicted octanol–water partition coefficient (Wildman–Crippen LogP) is 4.17. The topological polar surface area (TPSA) is 15.3 Å². The molecule has 2 aliphatic rings. The predicted molar refractivity (Wildman–Crippen MR) is 102 cm³/mol. The molecule has 2 nitrogen and oxygen atoms in total. The Morgan fingerprint density at radius 2 is 2.04 bits per heavy atom.